The van der Waals surface area contributed by atoms with Crippen LogP contribution in [0.5, 0.6) is 0 Å². The molecular formula is C15H15BrN2O. The minimum Gasteiger partial charge on any atom is -0.399 e. The fourth-order valence-corrected chi connectivity index (χ4v) is 2.20. The van der Waals surface area contributed by atoms with Crippen LogP contribution in [0, 0.1) is 0 Å². The number of hydrogen-bond donors (Lipinski definition) is 2. The second kappa shape index (κ2) is 6.38. The van der Waals surface area contributed by atoms with Gasteiger partial charge in [-0.25, -0.2) is 0 Å². The summed E-state index contributed by atoms with van der Waals surface area (Å²) in [6.07, 6.45) is 0.806. The summed E-state index contributed by atoms with van der Waals surface area (Å²) in [5.41, 5.74) is 8.05. The van der Waals surface area contributed by atoms with Crippen molar-refractivity contribution in [3.8, 4) is 0 Å². The number of rotatable bonds is 4. The van der Waals surface area contributed by atoms with Crippen LogP contribution in [0.1, 0.15) is 15.9 Å². The third-order valence-electron chi connectivity index (χ3n) is 2.76. The van der Waals surface area contributed by atoms with E-state index >= 15 is 0 Å². The molecule has 4 heteroatoms. The van der Waals surface area contributed by atoms with E-state index in [9.17, 15) is 4.79 Å². The molecule has 19 heavy (non-hydrogen) atoms. The maximum atomic E-state index is 11.9. The molecule has 98 valence electrons. The summed E-state index contributed by atoms with van der Waals surface area (Å²) < 4.78 is 1.05. The average Bonchev–Trinajstić information content (AvgIpc) is 2.39. The molecule has 0 heterocycles. The molecule has 0 radical (unpaired) electrons. The van der Waals surface area contributed by atoms with E-state index < -0.39 is 0 Å². The molecule has 3 nitrogen and oxygen atoms in total. The highest BCUT2D eigenvalue weighted by atomic mass is 79.9. The molecule has 2 aromatic rings. The molecule has 0 spiro atoms. The summed E-state index contributed by atoms with van der Waals surface area (Å²) >= 11 is 3.43. The third-order valence-corrected chi connectivity index (χ3v) is 3.25. The van der Waals surface area contributed by atoms with Crippen LogP contribution >= 0.6 is 15.9 Å². The Kier molecular flexibility index (Phi) is 4.58. The zero-order chi connectivity index (χ0) is 13.7. The molecule has 0 aliphatic carbocycles. The molecule has 0 bridgehead atoms. The number of carbonyl (C=O) groups excluding carboxylic acids is 1. The second-order valence-corrected chi connectivity index (χ2v) is 5.17. The van der Waals surface area contributed by atoms with E-state index in [0.29, 0.717) is 17.8 Å². The Labute approximate surface area is 121 Å². The van der Waals surface area contributed by atoms with Gasteiger partial charge in [-0.15, -0.1) is 0 Å². The number of nitrogen functional groups attached to an aromatic ring is 1. The number of halogens is 1. The van der Waals surface area contributed by atoms with E-state index in [1.54, 1.807) is 24.3 Å². The van der Waals surface area contributed by atoms with Crippen molar-refractivity contribution in [3.63, 3.8) is 0 Å². The van der Waals surface area contributed by atoms with E-state index in [2.05, 4.69) is 27.3 Å². The molecule has 0 aliphatic heterocycles. The van der Waals surface area contributed by atoms with Gasteiger partial charge in [0.2, 0.25) is 0 Å². The number of amides is 1. The first-order valence-electron chi connectivity index (χ1n) is 6.03. The Hall–Kier alpha value is -1.81. The van der Waals surface area contributed by atoms with Gasteiger partial charge in [-0.3, -0.25) is 4.79 Å². The molecule has 0 unspecified atom stereocenters. The normalized spacial score (nSPS) is 10.2. The lowest BCUT2D eigenvalue weighted by atomic mass is 10.1. The Morgan fingerprint density at radius 1 is 1.16 bits per heavy atom. The van der Waals surface area contributed by atoms with Crippen molar-refractivity contribution in [2.45, 2.75) is 6.42 Å². The van der Waals surface area contributed by atoms with Gasteiger partial charge in [0.1, 0.15) is 0 Å². The first-order chi connectivity index (χ1) is 9.15. The summed E-state index contributed by atoms with van der Waals surface area (Å²) in [4.78, 5) is 11.9. The van der Waals surface area contributed by atoms with Crippen molar-refractivity contribution in [2.75, 3.05) is 12.3 Å². The minimum absolute atomic E-state index is 0.0741. The van der Waals surface area contributed by atoms with Gasteiger partial charge in [-0.1, -0.05) is 28.1 Å². The Balaban J connectivity index is 1.86. The Bertz CT molecular complexity index is 567. The summed E-state index contributed by atoms with van der Waals surface area (Å²) in [7, 11) is 0. The molecule has 1 amide bonds. The van der Waals surface area contributed by atoms with Crippen LogP contribution in [0.3, 0.4) is 0 Å². The standard InChI is InChI=1S/C15H15BrN2O/c16-13-3-1-2-11(10-13)8-9-18-15(19)12-4-6-14(17)7-5-12/h1-7,10H,8-9,17H2,(H,18,19). The fraction of sp³-hybridized carbons (Fsp3) is 0.133. The van der Waals surface area contributed by atoms with Gasteiger partial charge in [0, 0.05) is 22.3 Å². The quantitative estimate of drug-likeness (QED) is 0.851. The average molecular weight is 319 g/mol. The number of benzene rings is 2. The van der Waals surface area contributed by atoms with Gasteiger partial charge in [-0.2, -0.15) is 0 Å². The molecular weight excluding hydrogens is 304 g/mol. The van der Waals surface area contributed by atoms with Crippen LogP contribution in [0.25, 0.3) is 0 Å². The minimum atomic E-state index is -0.0741. The molecule has 0 atom stereocenters. The fourth-order valence-electron chi connectivity index (χ4n) is 1.75. The summed E-state index contributed by atoms with van der Waals surface area (Å²) in [5.74, 6) is -0.0741. The molecule has 0 fully saturated rings. The number of anilines is 1. The molecule has 2 rings (SSSR count). The van der Waals surface area contributed by atoms with Crippen molar-refractivity contribution < 1.29 is 4.79 Å². The van der Waals surface area contributed by atoms with Crippen LogP contribution in [0.2, 0.25) is 0 Å². The van der Waals surface area contributed by atoms with Crippen molar-refractivity contribution in [1.82, 2.24) is 5.32 Å². The van der Waals surface area contributed by atoms with Gasteiger partial charge in [0.15, 0.2) is 0 Å². The van der Waals surface area contributed by atoms with Crippen LogP contribution in [0.4, 0.5) is 5.69 Å². The number of nitrogens with two attached hydrogens (primary N) is 1. The number of nitrogens with one attached hydrogen (secondary N) is 1. The van der Waals surface area contributed by atoms with Crippen LogP contribution in [0.15, 0.2) is 53.0 Å². The van der Waals surface area contributed by atoms with Gasteiger partial charge in [0.05, 0.1) is 0 Å². The van der Waals surface area contributed by atoms with Gasteiger partial charge in [-0.05, 0) is 48.4 Å². The lowest BCUT2D eigenvalue weighted by molar-refractivity contribution is 0.0954. The highest BCUT2D eigenvalue weighted by Gasteiger charge is 2.04. The molecule has 0 aromatic heterocycles. The first kappa shape index (κ1) is 13.6. The maximum Gasteiger partial charge on any atom is 0.251 e. The lowest BCUT2D eigenvalue weighted by Crippen LogP contribution is -2.25. The molecule has 3 N–H and O–H groups in total. The van der Waals surface area contributed by atoms with Gasteiger partial charge in [0.25, 0.3) is 5.91 Å². The molecule has 0 saturated heterocycles. The van der Waals surface area contributed by atoms with E-state index in [4.69, 9.17) is 5.73 Å². The van der Waals surface area contributed by atoms with E-state index in [1.165, 1.54) is 5.56 Å². The monoisotopic (exact) mass is 318 g/mol. The topological polar surface area (TPSA) is 55.1 Å². The molecule has 0 aliphatic rings. The third kappa shape index (κ3) is 4.10. The Morgan fingerprint density at radius 3 is 2.58 bits per heavy atom. The van der Waals surface area contributed by atoms with Crippen molar-refractivity contribution in [2.24, 2.45) is 0 Å². The largest absolute Gasteiger partial charge is 0.399 e. The highest BCUT2D eigenvalue weighted by Crippen LogP contribution is 2.11. The smallest absolute Gasteiger partial charge is 0.251 e. The van der Waals surface area contributed by atoms with Crippen molar-refractivity contribution in [1.29, 1.82) is 0 Å². The lowest BCUT2D eigenvalue weighted by Gasteiger charge is -2.06. The first-order valence-corrected chi connectivity index (χ1v) is 6.82. The number of carbonyl (C=O) groups is 1. The summed E-state index contributed by atoms with van der Waals surface area (Å²) in [6, 6.07) is 15.0. The predicted molar refractivity (Wildman–Crippen MR) is 81.0 cm³/mol. The molecule has 2 aromatic carbocycles. The summed E-state index contributed by atoms with van der Waals surface area (Å²) in [6.45, 7) is 0.611. The number of hydrogen-bond acceptors (Lipinski definition) is 2. The van der Waals surface area contributed by atoms with E-state index in [0.717, 1.165) is 10.9 Å². The van der Waals surface area contributed by atoms with Crippen LogP contribution in [-0.4, -0.2) is 12.5 Å². The second-order valence-electron chi connectivity index (χ2n) is 4.26. The van der Waals surface area contributed by atoms with Crippen LogP contribution < -0.4 is 11.1 Å². The zero-order valence-electron chi connectivity index (χ0n) is 10.4. The zero-order valence-corrected chi connectivity index (χ0v) is 12.0. The van der Waals surface area contributed by atoms with Crippen LogP contribution in [-0.2, 0) is 6.42 Å². The van der Waals surface area contributed by atoms with Crippen molar-refractivity contribution >= 4 is 27.5 Å². The van der Waals surface area contributed by atoms with Gasteiger partial charge >= 0.3 is 0 Å². The van der Waals surface area contributed by atoms with E-state index in [-0.39, 0.29) is 5.91 Å². The van der Waals surface area contributed by atoms with Crippen molar-refractivity contribution in [3.05, 3.63) is 64.1 Å². The maximum absolute atomic E-state index is 11.9. The SMILES string of the molecule is Nc1ccc(C(=O)NCCc2cccc(Br)c2)cc1. The highest BCUT2D eigenvalue weighted by molar-refractivity contribution is 9.10. The molecule has 0 saturated carbocycles. The predicted octanol–water partition coefficient (Wildman–Crippen LogP) is 3.00. The van der Waals surface area contributed by atoms with E-state index in [1.807, 2.05) is 18.2 Å². The summed E-state index contributed by atoms with van der Waals surface area (Å²) in [5, 5.41) is 2.89. The van der Waals surface area contributed by atoms with Gasteiger partial charge < -0.3 is 11.1 Å². The Morgan fingerprint density at radius 2 is 1.89 bits per heavy atom.